The molecule has 0 aromatic heterocycles. The minimum absolute atomic E-state index is 0.0386. The van der Waals surface area contributed by atoms with Gasteiger partial charge in [0.1, 0.15) is 0 Å². The van der Waals surface area contributed by atoms with Crippen LogP contribution in [-0.2, 0) is 4.79 Å². The van der Waals surface area contributed by atoms with Gasteiger partial charge in [-0.2, -0.15) is 43.9 Å². The van der Waals surface area contributed by atoms with E-state index in [1.807, 2.05) is 0 Å². The second-order valence-corrected chi connectivity index (χ2v) is 6.53. The van der Waals surface area contributed by atoms with E-state index < -0.39 is 60.2 Å². The van der Waals surface area contributed by atoms with Crippen LogP contribution in [0, 0.1) is 5.92 Å². The Kier molecular flexibility index (Phi) is 4.34. The minimum atomic E-state index is -7.31. The molecule has 0 radical (unpaired) electrons. The van der Waals surface area contributed by atoms with Crippen LogP contribution in [0.3, 0.4) is 0 Å². The van der Waals surface area contributed by atoms with E-state index in [1.54, 1.807) is 0 Å². The minimum Gasteiger partial charge on any atom is -0.339 e. The van der Waals surface area contributed by atoms with E-state index in [-0.39, 0.29) is 11.3 Å². The van der Waals surface area contributed by atoms with Crippen LogP contribution in [0.25, 0.3) is 0 Å². The van der Waals surface area contributed by atoms with Crippen LogP contribution in [0.15, 0.2) is 0 Å². The van der Waals surface area contributed by atoms with Crippen LogP contribution in [0.4, 0.5) is 48.3 Å². The topological polar surface area (TPSA) is 20.3 Å². The van der Waals surface area contributed by atoms with Gasteiger partial charge in [0.15, 0.2) is 0 Å². The highest BCUT2D eigenvalue weighted by molar-refractivity contribution is 5.89. The number of piperidine rings is 1. The summed E-state index contributed by atoms with van der Waals surface area (Å²) in [6, 6.07) is 0. The predicted molar refractivity (Wildman–Crippen MR) is 63.6 cm³/mol. The largest absolute Gasteiger partial charge is 0.384 e. The lowest BCUT2D eigenvalue weighted by molar-refractivity contribution is -0.477. The Morgan fingerprint density at radius 1 is 0.769 bits per heavy atom. The molecule has 1 aliphatic carbocycles. The molecule has 0 bridgehead atoms. The fraction of sp³-hybridized carbons (Fsp3) is 0.923. The van der Waals surface area contributed by atoms with Crippen LogP contribution in [0.2, 0.25) is 0 Å². The van der Waals surface area contributed by atoms with Crippen molar-refractivity contribution in [2.24, 2.45) is 5.92 Å². The van der Waals surface area contributed by atoms with E-state index in [2.05, 4.69) is 0 Å². The highest BCUT2D eigenvalue weighted by Gasteiger charge is 3.03. The summed E-state index contributed by atoms with van der Waals surface area (Å²) in [5, 5.41) is 0. The third-order valence-corrected chi connectivity index (χ3v) is 4.68. The fourth-order valence-corrected chi connectivity index (χ4v) is 3.08. The summed E-state index contributed by atoms with van der Waals surface area (Å²) in [6.07, 6.45) is 0.295. The Morgan fingerprint density at radius 2 is 1.15 bits per heavy atom. The van der Waals surface area contributed by atoms with Crippen LogP contribution >= 0.6 is 0 Å². The second-order valence-electron chi connectivity index (χ2n) is 6.53. The van der Waals surface area contributed by atoms with Crippen molar-refractivity contribution >= 4 is 5.91 Å². The first-order chi connectivity index (χ1) is 11.4. The Morgan fingerprint density at radius 3 is 1.54 bits per heavy atom. The van der Waals surface area contributed by atoms with E-state index in [4.69, 9.17) is 0 Å². The maximum absolute atomic E-state index is 14.6. The average Bonchev–Trinajstić information content (AvgIpc) is 2.51. The molecule has 152 valence electrons. The number of halogens is 11. The molecule has 0 spiro atoms. The molecular weight excluding hydrogens is 395 g/mol. The maximum atomic E-state index is 14.6. The van der Waals surface area contributed by atoms with Crippen LogP contribution < -0.4 is 0 Å². The zero-order chi connectivity index (χ0) is 20.6. The number of carbonyl (C=O) groups excluding carboxylic acids is 1. The summed E-state index contributed by atoms with van der Waals surface area (Å²) in [5.74, 6) is -39.7. The van der Waals surface area contributed by atoms with Crippen molar-refractivity contribution < 1.29 is 53.1 Å². The van der Waals surface area contributed by atoms with Gasteiger partial charge in [0.2, 0.25) is 0 Å². The number of alkyl halides is 11. The van der Waals surface area contributed by atoms with Crippen molar-refractivity contribution in [3.63, 3.8) is 0 Å². The zero-order valence-corrected chi connectivity index (χ0v) is 12.9. The van der Waals surface area contributed by atoms with Crippen molar-refractivity contribution in [1.29, 1.82) is 0 Å². The van der Waals surface area contributed by atoms with Gasteiger partial charge < -0.3 is 4.90 Å². The molecule has 0 aromatic carbocycles. The zero-order valence-electron chi connectivity index (χ0n) is 12.9. The molecule has 1 aliphatic heterocycles. The van der Waals surface area contributed by atoms with Crippen molar-refractivity contribution in [1.82, 2.24) is 4.90 Å². The van der Waals surface area contributed by atoms with E-state index in [0.29, 0.717) is 6.42 Å². The molecule has 2 nitrogen and oxygen atoms in total. The third-order valence-electron chi connectivity index (χ3n) is 4.68. The van der Waals surface area contributed by atoms with Gasteiger partial charge in [0.25, 0.3) is 5.91 Å². The van der Waals surface area contributed by atoms with Gasteiger partial charge in [-0.1, -0.05) is 6.92 Å². The quantitative estimate of drug-likeness (QED) is 0.599. The number of rotatable bonds is 1. The maximum Gasteiger partial charge on any atom is 0.384 e. The molecule has 1 amide bonds. The van der Waals surface area contributed by atoms with Crippen LogP contribution in [-0.4, -0.2) is 59.2 Å². The highest BCUT2D eigenvalue weighted by Crippen LogP contribution is 2.69. The first-order valence-corrected chi connectivity index (χ1v) is 7.28. The van der Waals surface area contributed by atoms with Gasteiger partial charge in [0.05, 0.1) is 0 Å². The first-order valence-electron chi connectivity index (χ1n) is 7.28. The molecule has 0 N–H and O–H groups in total. The molecule has 0 aromatic rings. The molecule has 26 heavy (non-hydrogen) atoms. The Balaban J connectivity index is 2.69. The summed E-state index contributed by atoms with van der Waals surface area (Å²) >= 11 is 0. The van der Waals surface area contributed by atoms with E-state index in [1.165, 1.54) is 6.92 Å². The van der Waals surface area contributed by atoms with E-state index in [0.717, 1.165) is 0 Å². The number of nitrogens with zero attached hydrogens (tertiary/aromatic N) is 1. The molecule has 13 heteroatoms. The third kappa shape index (κ3) is 2.02. The smallest absolute Gasteiger partial charge is 0.339 e. The number of hydrogen-bond acceptors (Lipinski definition) is 1. The SMILES string of the molecule is CC1CCCN(C(=O)C2(F)C(F)(F)C(F)(F)C(F)(F)C(F)(F)C2(F)F)C1. The summed E-state index contributed by atoms with van der Waals surface area (Å²) < 4.78 is 150. The predicted octanol–water partition coefficient (Wildman–Crippen LogP) is 4.14. The lowest BCUT2D eigenvalue weighted by atomic mass is 9.71. The van der Waals surface area contributed by atoms with Gasteiger partial charge >= 0.3 is 35.3 Å². The normalized spacial score (nSPS) is 33.5. The monoisotopic (exact) mass is 407 g/mol. The van der Waals surface area contributed by atoms with Crippen molar-refractivity contribution in [2.45, 2.75) is 55.0 Å². The van der Waals surface area contributed by atoms with Crippen molar-refractivity contribution in [3.8, 4) is 0 Å². The standard InChI is InChI=1S/C13H12F11NO/c1-6-3-2-4-25(5-6)7(26)8(14)9(15,16)11(19,20)13(23,24)12(21,22)10(8,17)18/h6H,2-5H2,1H3. The number of carbonyl (C=O) groups is 1. The number of hydrogen-bond donors (Lipinski definition) is 0. The molecule has 1 atom stereocenters. The first kappa shape index (κ1) is 21.0. The van der Waals surface area contributed by atoms with Gasteiger partial charge in [-0.15, -0.1) is 0 Å². The summed E-state index contributed by atoms with van der Waals surface area (Å²) in [6.45, 7) is 0.0532. The van der Waals surface area contributed by atoms with Crippen LogP contribution in [0.5, 0.6) is 0 Å². The lowest BCUT2D eigenvalue weighted by Crippen LogP contribution is -2.86. The van der Waals surface area contributed by atoms with Crippen molar-refractivity contribution in [3.05, 3.63) is 0 Å². The molecule has 2 aliphatic rings. The van der Waals surface area contributed by atoms with Gasteiger partial charge in [-0.3, -0.25) is 4.79 Å². The van der Waals surface area contributed by atoms with Crippen LogP contribution in [0.1, 0.15) is 19.8 Å². The molecule has 2 rings (SSSR count). The van der Waals surface area contributed by atoms with Gasteiger partial charge in [0, 0.05) is 13.1 Å². The summed E-state index contributed by atoms with van der Waals surface area (Å²) in [5.41, 5.74) is -6.56. The molecular formula is C13H12F11NO. The van der Waals surface area contributed by atoms with E-state index >= 15 is 0 Å². The van der Waals surface area contributed by atoms with Gasteiger partial charge in [-0.25, -0.2) is 4.39 Å². The molecule has 2 fully saturated rings. The molecule has 1 saturated heterocycles. The van der Waals surface area contributed by atoms with Gasteiger partial charge in [-0.05, 0) is 18.8 Å². The Bertz CT molecular complexity index is 573. The molecule has 1 saturated carbocycles. The van der Waals surface area contributed by atoms with Crippen molar-refractivity contribution in [2.75, 3.05) is 13.1 Å². The Labute approximate surface area is 139 Å². The van der Waals surface area contributed by atoms with E-state index in [9.17, 15) is 53.1 Å². The average molecular weight is 407 g/mol. The second kappa shape index (κ2) is 5.37. The number of likely N-dealkylation sites (tertiary alicyclic amines) is 1. The molecule has 1 heterocycles. The number of amides is 1. The fourth-order valence-electron chi connectivity index (χ4n) is 3.08. The Hall–Kier alpha value is -1.30. The lowest BCUT2D eigenvalue weighted by Gasteiger charge is -2.52. The summed E-state index contributed by atoms with van der Waals surface area (Å²) in [7, 11) is 0. The highest BCUT2D eigenvalue weighted by atomic mass is 19.4. The molecule has 1 unspecified atom stereocenters. The summed E-state index contributed by atoms with van der Waals surface area (Å²) in [4.78, 5) is 11.9.